The van der Waals surface area contributed by atoms with Crippen molar-refractivity contribution in [3.63, 3.8) is 0 Å². The Morgan fingerprint density at radius 3 is 2.60 bits per heavy atom. The molecule has 0 radical (unpaired) electrons. The van der Waals surface area contributed by atoms with Crippen molar-refractivity contribution in [2.45, 2.75) is 71.6 Å². The molecule has 0 aliphatic carbocycles. The van der Waals surface area contributed by atoms with Crippen LogP contribution in [0.5, 0.6) is 5.75 Å². The zero-order valence-electron chi connectivity index (χ0n) is 15.8. The quantitative estimate of drug-likeness (QED) is 0.744. The van der Waals surface area contributed by atoms with E-state index in [-0.39, 0.29) is 18.5 Å². The molecule has 2 N–H and O–H groups in total. The summed E-state index contributed by atoms with van der Waals surface area (Å²) in [5, 5.41) is 12.0. The molecule has 0 aromatic heterocycles. The van der Waals surface area contributed by atoms with Gasteiger partial charge in [0.1, 0.15) is 23.3 Å². The Morgan fingerprint density at radius 2 is 2.04 bits per heavy atom. The second-order valence-electron chi connectivity index (χ2n) is 7.15. The van der Waals surface area contributed by atoms with Crippen LogP contribution in [0.15, 0.2) is 18.2 Å². The van der Waals surface area contributed by atoms with Gasteiger partial charge >= 0.3 is 6.09 Å². The van der Waals surface area contributed by atoms with Crippen molar-refractivity contribution in [2.75, 3.05) is 6.61 Å². The molecular formula is C19H30FNO4. The van der Waals surface area contributed by atoms with Crippen LogP contribution in [0.25, 0.3) is 0 Å². The van der Waals surface area contributed by atoms with E-state index in [1.165, 1.54) is 12.1 Å². The van der Waals surface area contributed by atoms with Crippen LogP contribution in [0.4, 0.5) is 9.18 Å². The molecule has 0 unspecified atom stereocenters. The van der Waals surface area contributed by atoms with Crippen LogP contribution in [0.1, 0.15) is 53.0 Å². The summed E-state index contributed by atoms with van der Waals surface area (Å²) in [5.41, 5.74) is 0.298. The Hall–Kier alpha value is -1.82. The first-order valence-electron chi connectivity index (χ1n) is 8.70. The molecule has 0 aliphatic rings. The van der Waals surface area contributed by atoms with Crippen molar-refractivity contribution in [3.05, 3.63) is 29.6 Å². The Kier molecular flexibility index (Phi) is 8.16. The van der Waals surface area contributed by atoms with E-state index in [9.17, 15) is 9.18 Å². The van der Waals surface area contributed by atoms with Crippen LogP contribution in [0, 0.1) is 5.82 Å². The average molecular weight is 355 g/mol. The van der Waals surface area contributed by atoms with E-state index in [1.54, 1.807) is 13.0 Å². The number of aliphatic hydroxyl groups excluding tert-OH is 1. The van der Waals surface area contributed by atoms with Gasteiger partial charge in [-0.1, -0.05) is 13.0 Å². The number of ether oxygens (including phenoxy) is 2. The normalized spacial score (nSPS) is 13.9. The molecule has 0 fully saturated rings. The molecule has 1 rings (SSSR count). The second-order valence-corrected chi connectivity index (χ2v) is 7.15. The van der Waals surface area contributed by atoms with E-state index < -0.39 is 17.8 Å². The van der Waals surface area contributed by atoms with Crippen LogP contribution in [0.3, 0.4) is 0 Å². The van der Waals surface area contributed by atoms with E-state index in [1.807, 2.05) is 27.7 Å². The molecule has 25 heavy (non-hydrogen) atoms. The van der Waals surface area contributed by atoms with E-state index in [4.69, 9.17) is 14.6 Å². The van der Waals surface area contributed by atoms with Gasteiger partial charge in [0, 0.05) is 12.1 Å². The molecule has 0 spiro atoms. The number of alkyl carbamates (subject to hydrolysis) is 1. The summed E-state index contributed by atoms with van der Waals surface area (Å²) < 4.78 is 24.3. The molecule has 0 bridgehead atoms. The first-order chi connectivity index (χ1) is 11.6. The van der Waals surface area contributed by atoms with Crippen LogP contribution in [0.2, 0.25) is 0 Å². The Morgan fingerprint density at radius 1 is 1.36 bits per heavy atom. The fourth-order valence-corrected chi connectivity index (χ4v) is 2.28. The van der Waals surface area contributed by atoms with Crippen molar-refractivity contribution in [2.24, 2.45) is 0 Å². The van der Waals surface area contributed by atoms with Gasteiger partial charge in [0.25, 0.3) is 0 Å². The SMILES string of the molecule is CC[C@@H](CCc1ccc(F)cc1O[C@H](C)CO)NC(=O)OC(C)(C)C. The van der Waals surface area contributed by atoms with Crippen LogP contribution in [-0.4, -0.2) is 35.6 Å². The lowest BCUT2D eigenvalue weighted by Crippen LogP contribution is -2.39. The first kappa shape index (κ1) is 21.2. The lowest BCUT2D eigenvalue weighted by molar-refractivity contribution is 0.0500. The van der Waals surface area contributed by atoms with Gasteiger partial charge in [0.15, 0.2) is 0 Å². The van der Waals surface area contributed by atoms with Gasteiger partial charge in [-0.15, -0.1) is 0 Å². The van der Waals surface area contributed by atoms with Gasteiger partial charge in [0.2, 0.25) is 0 Å². The third-order valence-electron chi connectivity index (χ3n) is 3.59. The number of amides is 1. The summed E-state index contributed by atoms with van der Waals surface area (Å²) in [6.07, 6.45) is 1.18. The highest BCUT2D eigenvalue weighted by molar-refractivity contribution is 5.68. The first-order valence-corrected chi connectivity index (χ1v) is 8.70. The number of benzene rings is 1. The van der Waals surface area contributed by atoms with Crippen molar-refractivity contribution >= 4 is 6.09 Å². The molecule has 6 heteroatoms. The van der Waals surface area contributed by atoms with Gasteiger partial charge in [0.05, 0.1) is 6.61 Å². The van der Waals surface area contributed by atoms with Gasteiger partial charge in [-0.2, -0.15) is 0 Å². The molecule has 1 amide bonds. The maximum absolute atomic E-state index is 13.5. The number of aryl methyl sites for hydroxylation is 1. The van der Waals surface area contributed by atoms with Crippen LogP contribution < -0.4 is 10.1 Å². The summed E-state index contributed by atoms with van der Waals surface area (Å²) >= 11 is 0. The highest BCUT2D eigenvalue weighted by Crippen LogP contribution is 2.23. The van der Waals surface area contributed by atoms with Gasteiger partial charge in [-0.3, -0.25) is 0 Å². The zero-order valence-corrected chi connectivity index (χ0v) is 15.8. The largest absolute Gasteiger partial charge is 0.488 e. The third kappa shape index (κ3) is 8.20. The predicted octanol–water partition coefficient (Wildman–Crippen LogP) is 3.82. The Balaban J connectivity index is 2.69. The van der Waals surface area contributed by atoms with Crippen molar-refractivity contribution in [1.82, 2.24) is 5.32 Å². The minimum absolute atomic E-state index is 0.0528. The summed E-state index contributed by atoms with van der Waals surface area (Å²) in [6, 6.07) is 4.33. The summed E-state index contributed by atoms with van der Waals surface area (Å²) in [4.78, 5) is 11.9. The third-order valence-corrected chi connectivity index (χ3v) is 3.59. The van der Waals surface area contributed by atoms with Crippen molar-refractivity contribution in [3.8, 4) is 5.75 Å². The standard InChI is InChI=1S/C19H30FNO4/c1-6-16(21-18(23)25-19(3,4)5)10-8-14-7-9-15(20)11-17(14)24-13(2)12-22/h7,9,11,13,16,22H,6,8,10,12H2,1-5H3,(H,21,23)/t13-,16+/m1/s1. The lowest BCUT2D eigenvalue weighted by Gasteiger charge is -2.23. The van der Waals surface area contributed by atoms with E-state index in [2.05, 4.69) is 5.32 Å². The number of halogens is 1. The van der Waals surface area contributed by atoms with E-state index >= 15 is 0 Å². The maximum Gasteiger partial charge on any atom is 0.407 e. The highest BCUT2D eigenvalue weighted by Gasteiger charge is 2.19. The Bertz CT molecular complexity index is 557. The summed E-state index contributed by atoms with van der Waals surface area (Å²) in [6.45, 7) is 9.01. The van der Waals surface area contributed by atoms with Gasteiger partial charge in [-0.25, -0.2) is 9.18 Å². The number of carbonyl (C=O) groups excluding carboxylic acids is 1. The number of hydrogen-bond donors (Lipinski definition) is 2. The second kappa shape index (κ2) is 9.61. The molecule has 0 saturated heterocycles. The molecule has 0 saturated carbocycles. The number of nitrogens with one attached hydrogen (secondary N) is 1. The smallest absolute Gasteiger partial charge is 0.407 e. The molecule has 0 aliphatic heterocycles. The number of carbonyl (C=O) groups is 1. The fourth-order valence-electron chi connectivity index (χ4n) is 2.28. The Labute approximate surface area is 149 Å². The minimum Gasteiger partial charge on any atom is -0.488 e. The number of aliphatic hydroxyl groups is 1. The molecule has 5 nitrogen and oxygen atoms in total. The van der Waals surface area contributed by atoms with Crippen LogP contribution >= 0.6 is 0 Å². The fraction of sp³-hybridized carbons (Fsp3) is 0.632. The zero-order chi connectivity index (χ0) is 19.0. The van der Waals surface area contributed by atoms with Crippen LogP contribution in [-0.2, 0) is 11.2 Å². The highest BCUT2D eigenvalue weighted by atomic mass is 19.1. The monoisotopic (exact) mass is 355 g/mol. The molecule has 2 atom stereocenters. The van der Waals surface area contributed by atoms with Crippen molar-refractivity contribution < 1.29 is 23.8 Å². The van der Waals surface area contributed by atoms with Gasteiger partial charge in [-0.05, 0) is 58.6 Å². The molecular weight excluding hydrogens is 325 g/mol. The topological polar surface area (TPSA) is 67.8 Å². The van der Waals surface area contributed by atoms with E-state index in [0.717, 1.165) is 12.0 Å². The molecule has 1 aromatic carbocycles. The summed E-state index contributed by atoms with van der Waals surface area (Å²) in [5.74, 6) is 0.0384. The lowest BCUT2D eigenvalue weighted by atomic mass is 10.0. The van der Waals surface area contributed by atoms with Crippen molar-refractivity contribution in [1.29, 1.82) is 0 Å². The van der Waals surface area contributed by atoms with E-state index in [0.29, 0.717) is 18.6 Å². The molecule has 0 heterocycles. The number of hydrogen-bond acceptors (Lipinski definition) is 4. The maximum atomic E-state index is 13.5. The predicted molar refractivity (Wildman–Crippen MR) is 95.3 cm³/mol. The summed E-state index contributed by atoms with van der Waals surface area (Å²) in [7, 11) is 0. The minimum atomic E-state index is -0.541. The van der Waals surface area contributed by atoms with Gasteiger partial charge < -0.3 is 19.9 Å². The average Bonchev–Trinajstić information content (AvgIpc) is 2.50. The molecule has 1 aromatic rings. The number of rotatable bonds is 8. The molecule has 142 valence electrons.